The van der Waals surface area contributed by atoms with Gasteiger partial charge in [-0.3, -0.25) is 0 Å². The van der Waals surface area contributed by atoms with Crippen LogP contribution in [0.2, 0.25) is 5.02 Å². The van der Waals surface area contributed by atoms with Crippen molar-refractivity contribution < 1.29 is 4.74 Å². The Bertz CT molecular complexity index is 1290. The van der Waals surface area contributed by atoms with Crippen LogP contribution < -0.4 is 10.5 Å². The molecule has 4 aromatic rings. The largest absolute Gasteiger partial charge is 0.470 e. The fourth-order valence-corrected chi connectivity index (χ4v) is 4.24. The molecule has 4 heterocycles. The minimum atomic E-state index is 0.163. The number of anilines is 1. The van der Waals surface area contributed by atoms with Gasteiger partial charge in [-0.2, -0.15) is 0 Å². The van der Waals surface area contributed by atoms with E-state index in [4.69, 9.17) is 22.1 Å². The van der Waals surface area contributed by atoms with Crippen LogP contribution in [0.1, 0.15) is 22.3 Å². The van der Waals surface area contributed by atoms with Gasteiger partial charge in [0.15, 0.2) is 11.5 Å². The van der Waals surface area contributed by atoms with E-state index in [1.807, 2.05) is 0 Å². The molecule has 1 aromatic carbocycles. The van der Waals surface area contributed by atoms with E-state index in [9.17, 15) is 0 Å². The number of imidazole rings is 1. The molecule has 1 aliphatic heterocycles. The van der Waals surface area contributed by atoms with Crippen molar-refractivity contribution in [3.8, 4) is 17.1 Å². The first-order valence-electron chi connectivity index (χ1n) is 10.0. The molecule has 0 saturated heterocycles. The predicted octanol–water partition coefficient (Wildman–Crippen LogP) is 3.53. The Morgan fingerprint density at radius 3 is 2.97 bits per heavy atom. The van der Waals surface area contributed by atoms with E-state index in [0.717, 1.165) is 41.8 Å². The van der Waals surface area contributed by atoms with Crippen LogP contribution in [0.15, 0.2) is 30.9 Å². The van der Waals surface area contributed by atoms with Gasteiger partial charge >= 0.3 is 0 Å². The number of aromatic amines is 1. The first-order chi connectivity index (χ1) is 15.0. The van der Waals surface area contributed by atoms with Crippen LogP contribution >= 0.6 is 11.6 Å². The molecule has 8 nitrogen and oxygen atoms in total. The molecule has 0 aliphatic carbocycles. The molecule has 5 rings (SSSR count). The van der Waals surface area contributed by atoms with Gasteiger partial charge < -0.3 is 20.4 Å². The maximum absolute atomic E-state index is 6.33. The van der Waals surface area contributed by atoms with Crippen LogP contribution in [0.4, 0.5) is 5.82 Å². The zero-order valence-electron chi connectivity index (χ0n) is 17.3. The molecule has 0 atom stereocenters. The molecule has 0 bridgehead atoms. The lowest BCUT2D eigenvalue weighted by Crippen LogP contribution is -2.27. The van der Waals surface area contributed by atoms with Crippen LogP contribution in [-0.2, 0) is 19.6 Å². The molecule has 158 valence electrons. The van der Waals surface area contributed by atoms with Gasteiger partial charge in [-0.1, -0.05) is 11.6 Å². The summed E-state index contributed by atoms with van der Waals surface area (Å²) in [6.45, 7) is 4.32. The lowest BCUT2D eigenvalue weighted by Gasteiger charge is -2.27. The third-order valence-electron chi connectivity index (χ3n) is 5.67. The lowest BCUT2D eigenvalue weighted by atomic mass is 9.92. The Labute approximate surface area is 184 Å². The van der Waals surface area contributed by atoms with E-state index >= 15 is 0 Å². The number of nitrogens with one attached hydrogen (secondary N) is 1. The van der Waals surface area contributed by atoms with Gasteiger partial charge in [0.1, 0.15) is 6.61 Å². The first-order valence-corrected chi connectivity index (χ1v) is 10.4. The van der Waals surface area contributed by atoms with Gasteiger partial charge in [0, 0.05) is 30.4 Å². The second-order valence-corrected chi connectivity index (χ2v) is 8.25. The summed E-state index contributed by atoms with van der Waals surface area (Å²) in [4.78, 5) is 22.7. The quantitative estimate of drug-likeness (QED) is 0.505. The van der Waals surface area contributed by atoms with E-state index in [-0.39, 0.29) is 18.3 Å². The minimum Gasteiger partial charge on any atom is -0.470 e. The number of fused-ring (bicyclic) bond motifs is 2. The van der Waals surface area contributed by atoms with Gasteiger partial charge in [0.2, 0.25) is 0 Å². The van der Waals surface area contributed by atoms with Crippen molar-refractivity contribution in [3.63, 3.8) is 0 Å². The van der Waals surface area contributed by atoms with Crippen molar-refractivity contribution >= 4 is 28.6 Å². The highest BCUT2D eigenvalue weighted by Crippen LogP contribution is 2.30. The molecule has 0 saturated carbocycles. The lowest BCUT2D eigenvalue weighted by molar-refractivity contribution is 0.296. The molecule has 3 N–H and O–H groups in total. The molecule has 0 amide bonds. The van der Waals surface area contributed by atoms with Crippen molar-refractivity contribution in [3.05, 3.63) is 58.1 Å². The topological polar surface area (TPSA) is 106 Å². The molecule has 9 heteroatoms. The van der Waals surface area contributed by atoms with Crippen molar-refractivity contribution in [1.82, 2.24) is 29.8 Å². The number of nitrogens with zero attached hydrogens (tertiary/aromatic N) is 5. The third-order valence-corrected chi connectivity index (χ3v) is 6.00. The van der Waals surface area contributed by atoms with Crippen LogP contribution in [-0.4, -0.2) is 43.4 Å². The maximum atomic E-state index is 6.33. The van der Waals surface area contributed by atoms with E-state index in [1.54, 1.807) is 18.7 Å². The SMILES string of the molecule is Cc1cc(-c2cnc(N)c(OCc3c(Cl)cnc4nc[nH]c34)n2)cc2c1CCN(C)C2. The molecule has 0 spiro atoms. The minimum absolute atomic E-state index is 0.163. The Morgan fingerprint density at radius 1 is 1.23 bits per heavy atom. The molecule has 31 heavy (non-hydrogen) atoms. The van der Waals surface area contributed by atoms with Crippen LogP contribution in [0.5, 0.6) is 5.88 Å². The number of H-pyrrole nitrogens is 1. The molecule has 3 aromatic heterocycles. The number of aryl methyl sites for hydroxylation is 1. The predicted molar refractivity (Wildman–Crippen MR) is 120 cm³/mol. The average Bonchev–Trinajstić information content (AvgIpc) is 3.22. The summed E-state index contributed by atoms with van der Waals surface area (Å²) in [5, 5.41) is 0.480. The van der Waals surface area contributed by atoms with E-state index < -0.39 is 0 Å². The fourth-order valence-electron chi connectivity index (χ4n) is 4.04. The molecular weight excluding hydrogens is 414 g/mol. The highest BCUT2D eigenvalue weighted by atomic mass is 35.5. The van der Waals surface area contributed by atoms with Gasteiger partial charge in [0.25, 0.3) is 5.88 Å². The van der Waals surface area contributed by atoms with Crippen LogP contribution in [0.25, 0.3) is 22.4 Å². The second kappa shape index (κ2) is 7.79. The maximum Gasteiger partial charge on any atom is 0.258 e. The number of aromatic nitrogens is 5. The molecular formula is C22H22ClN7O. The van der Waals surface area contributed by atoms with Crippen molar-refractivity contribution in [1.29, 1.82) is 0 Å². The van der Waals surface area contributed by atoms with E-state index in [2.05, 4.69) is 55.9 Å². The first kappa shape index (κ1) is 19.7. The fraction of sp³-hybridized carbons (Fsp3) is 0.273. The van der Waals surface area contributed by atoms with Crippen LogP contribution in [0, 0.1) is 6.92 Å². The van der Waals surface area contributed by atoms with Gasteiger partial charge in [-0.15, -0.1) is 0 Å². The zero-order chi connectivity index (χ0) is 21.5. The summed E-state index contributed by atoms with van der Waals surface area (Å²) >= 11 is 6.33. The van der Waals surface area contributed by atoms with Gasteiger partial charge in [0.05, 0.1) is 28.8 Å². The molecule has 0 radical (unpaired) electrons. The summed E-state index contributed by atoms with van der Waals surface area (Å²) in [6, 6.07) is 4.35. The number of likely N-dealkylation sites (N-methyl/N-ethyl adjacent to an activating group) is 1. The van der Waals surface area contributed by atoms with Crippen molar-refractivity contribution in [2.45, 2.75) is 26.5 Å². The number of halogens is 1. The van der Waals surface area contributed by atoms with Crippen molar-refractivity contribution in [2.24, 2.45) is 0 Å². The van der Waals surface area contributed by atoms with Gasteiger partial charge in [-0.05, 0) is 49.2 Å². The van der Waals surface area contributed by atoms with Crippen molar-refractivity contribution in [2.75, 3.05) is 19.3 Å². The summed E-state index contributed by atoms with van der Waals surface area (Å²) in [7, 11) is 2.14. The molecule has 0 fully saturated rings. The summed E-state index contributed by atoms with van der Waals surface area (Å²) in [5.74, 6) is 0.495. The standard InChI is InChI=1S/C22H22ClN7O/c1-12-5-13(6-14-9-30(2)4-3-15(12)14)18-8-25-20(24)22(29-18)31-10-16-17(23)7-26-21-19(16)27-11-28-21/h5-8,11H,3-4,9-10H2,1-2H3,(H2,24,25)(H,26,27,28). The van der Waals surface area contributed by atoms with E-state index in [1.165, 1.54) is 16.7 Å². The number of rotatable bonds is 4. The van der Waals surface area contributed by atoms with Gasteiger partial charge in [-0.25, -0.2) is 19.9 Å². The number of nitrogen functional groups attached to an aromatic ring is 1. The summed E-state index contributed by atoms with van der Waals surface area (Å²) in [6.07, 6.45) is 5.88. The monoisotopic (exact) mass is 435 g/mol. The Hall–Kier alpha value is -3.23. The Balaban J connectivity index is 1.46. The normalized spacial score (nSPS) is 14.0. The Kier molecular flexibility index (Phi) is 4.95. The number of benzene rings is 1. The molecule has 0 unspecified atom stereocenters. The van der Waals surface area contributed by atoms with Crippen LogP contribution in [0.3, 0.4) is 0 Å². The average molecular weight is 436 g/mol. The van der Waals surface area contributed by atoms with E-state index in [0.29, 0.717) is 10.7 Å². The number of nitrogens with two attached hydrogens (primary N) is 1. The summed E-state index contributed by atoms with van der Waals surface area (Å²) in [5.41, 5.74) is 13.8. The smallest absolute Gasteiger partial charge is 0.258 e. The number of ether oxygens (including phenoxy) is 1. The number of hydrogen-bond donors (Lipinski definition) is 2. The number of hydrogen-bond acceptors (Lipinski definition) is 7. The Morgan fingerprint density at radius 2 is 2.10 bits per heavy atom. The summed E-state index contributed by atoms with van der Waals surface area (Å²) < 4.78 is 5.94. The highest BCUT2D eigenvalue weighted by Gasteiger charge is 2.18. The third kappa shape index (κ3) is 3.68. The highest BCUT2D eigenvalue weighted by molar-refractivity contribution is 6.32. The zero-order valence-corrected chi connectivity index (χ0v) is 18.1. The number of pyridine rings is 1. The molecule has 1 aliphatic rings. The second-order valence-electron chi connectivity index (χ2n) is 7.84.